The maximum atomic E-state index is 11.2. The van der Waals surface area contributed by atoms with Gasteiger partial charge in [0, 0.05) is 10.8 Å². The number of fused-ring (bicyclic) bond motifs is 4. The molecule has 0 saturated carbocycles. The minimum Gasteiger partial charge on any atom is -0.507 e. The smallest absolute Gasteiger partial charge is 0.131 e. The number of aromatic hydroxyl groups is 1. The maximum absolute atomic E-state index is 11.2. The minimum absolute atomic E-state index is 0.367. The van der Waals surface area contributed by atoms with Gasteiger partial charge in [-0.25, -0.2) is 0 Å². The monoisotopic (exact) mass is 334 g/mol. The summed E-state index contributed by atoms with van der Waals surface area (Å²) in [7, 11) is 0. The molecule has 0 amide bonds. The van der Waals surface area contributed by atoms with E-state index in [4.69, 9.17) is 0 Å². The van der Waals surface area contributed by atoms with Crippen LogP contribution in [-0.2, 0) is 0 Å². The Labute approximate surface area is 152 Å². The second kappa shape index (κ2) is 5.60. The quantitative estimate of drug-likeness (QED) is 0.263. The molecule has 0 radical (unpaired) electrons. The summed E-state index contributed by atoms with van der Waals surface area (Å²) in [6.07, 6.45) is 0. The molecule has 0 unspecified atom stereocenters. The van der Waals surface area contributed by atoms with Crippen LogP contribution in [0.3, 0.4) is 0 Å². The fraction of sp³-hybridized carbons (Fsp3) is 0.0400. The lowest BCUT2D eigenvalue weighted by molar-refractivity contribution is 0.488. The Morgan fingerprint density at radius 2 is 1.23 bits per heavy atom. The Kier molecular flexibility index (Phi) is 3.23. The predicted octanol–water partition coefficient (Wildman–Crippen LogP) is 6.83. The third-order valence-corrected chi connectivity index (χ3v) is 5.33. The first-order valence-corrected chi connectivity index (χ1v) is 8.87. The van der Waals surface area contributed by atoms with Crippen LogP contribution >= 0.6 is 0 Å². The number of hydrogen-bond acceptors (Lipinski definition) is 1. The number of benzene rings is 5. The average molecular weight is 334 g/mol. The summed E-state index contributed by atoms with van der Waals surface area (Å²) >= 11 is 0. The van der Waals surface area contributed by atoms with Gasteiger partial charge in [0.1, 0.15) is 5.75 Å². The summed E-state index contributed by atoms with van der Waals surface area (Å²) in [5.74, 6) is 0.367. The zero-order valence-electron chi connectivity index (χ0n) is 14.5. The first-order chi connectivity index (χ1) is 12.8. The normalized spacial score (nSPS) is 11.4. The van der Waals surface area contributed by atoms with E-state index in [1.807, 2.05) is 30.3 Å². The van der Waals surface area contributed by atoms with Crippen molar-refractivity contribution < 1.29 is 5.11 Å². The second-order valence-corrected chi connectivity index (χ2v) is 6.78. The topological polar surface area (TPSA) is 20.2 Å². The van der Waals surface area contributed by atoms with Gasteiger partial charge in [0.15, 0.2) is 0 Å². The Morgan fingerprint density at radius 3 is 2.00 bits per heavy atom. The van der Waals surface area contributed by atoms with Crippen molar-refractivity contribution in [2.24, 2.45) is 0 Å². The summed E-state index contributed by atoms with van der Waals surface area (Å²) in [6.45, 7) is 2.18. The summed E-state index contributed by atoms with van der Waals surface area (Å²) in [4.78, 5) is 0. The van der Waals surface area contributed by atoms with Crippen LogP contribution in [0.2, 0.25) is 0 Å². The molecule has 0 bridgehead atoms. The zero-order chi connectivity index (χ0) is 17.7. The number of hydrogen-bond donors (Lipinski definition) is 1. The largest absolute Gasteiger partial charge is 0.507 e. The molecule has 5 aromatic carbocycles. The lowest BCUT2D eigenvalue weighted by atomic mass is 9.87. The Hall–Kier alpha value is -3.32. The number of aryl methyl sites for hydroxylation is 1. The molecule has 0 heterocycles. The molecular formula is C25H18O. The first-order valence-electron chi connectivity index (χ1n) is 8.87. The van der Waals surface area contributed by atoms with Crippen molar-refractivity contribution in [2.45, 2.75) is 6.92 Å². The van der Waals surface area contributed by atoms with E-state index in [0.717, 1.165) is 26.9 Å². The van der Waals surface area contributed by atoms with Gasteiger partial charge in [-0.15, -0.1) is 0 Å². The molecule has 0 aliphatic carbocycles. The van der Waals surface area contributed by atoms with E-state index in [9.17, 15) is 5.11 Å². The van der Waals surface area contributed by atoms with Gasteiger partial charge in [-0.3, -0.25) is 0 Å². The van der Waals surface area contributed by atoms with Crippen LogP contribution in [0, 0.1) is 6.92 Å². The molecule has 5 rings (SSSR count). The lowest BCUT2D eigenvalue weighted by Crippen LogP contribution is -1.91. The highest BCUT2D eigenvalue weighted by Crippen LogP contribution is 2.44. The highest BCUT2D eigenvalue weighted by atomic mass is 16.3. The Balaban J connectivity index is 2.11. The van der Waals surface area contributed by atoms with Crippen LogP contribution in [-0.4, -0.2) is 5.11 Å². The summed E-state index contributed by atoms with van der Waals surface area (Å²) in [5, 5.41) is 17.4. The SMILES string of the molecule is Cc1c(-c2ccccc2)c2cc3ccccc3c(O)c2c2ccccc12. The van der Waals surface area contributed by atoms with Gasteiger partial charge in [-0.1, -0.05) is 78.9 Å². The molecule has 0 spiro atoms. The molecule has 1 N–H and O–H groups in total. The number of rotatable bonds is 1. The van der Waals surface area contributed by atoms with Crippen molar-refractivity contribution in [3.05, 3.63) is 90.5 Å². The molecular weight excluding hydrogens is 316 g/mol. The molecule has 0 saturated heterocycles. The van der Waals surface area contributed by atoms with Crippen molar-refractivity contribution in [3.8, 4) is 16.9 Å². The third-order valence-electron chi connectivity index (χ3n) is 5.33. The fourth-order valence-corrected chi connectivity index (χ4v) is 4.14. The van der Waals surface area contributed by atoms with E-state index in [2.05, 4.69) is 61.5 Å². The van der Waals surface area contributed by atoms with Crippen LogP contribution in [0.4, 0.5) is 0 Å². The van der Waals surface area contributed by atoms with Gasteiger partial charge in [0.25, 0.3) is 0 Å². The molecule has 0 fully saturated rings. The van der Waals surface area contributed by atoms with E-state index in [1.165, 1.54) is 22.1 Å². The van der Waals surface area contributed by atoms with E-state index in [0.29, 0.717) is 5.75 Å². The van der Waals surface area contributed by atoms with Gasteiger partial charge < -0.3 is 5.11 Å². The average Bonchev–Trinajstić information content (AvgIpc) is 2.69. The second-order valence-electron chi connectivity index (χ2n) is 6.78. The Bertz CT molecular complexity index is 1280. The van der Waals surface area contributed by atoms with Gasteiger partial charge in [-0.2, -0.15) is 0 Å². The molecule has 0 aliphatic heterocycles. The number of phenolic OH excluding ortho intramolecular Hbond substituents is 1. The van der Waals surface area contributed by atoms with Crippen molar-refractivity contribution in [1.29, 1.82) is 0 Å². The van der Waals surface area contributed by atoms with Crippen LogP contribution < -0.4 is 0 Å². The predicted molar refractivity (Wildman–Crippen MR) is 111 cm³/mol. The fourth-order valence-electron chi connectivity index (χ4n) is 4.14. The van der Waals surface area contributed by atoms with Crippen LogP contribution in [0.25, 0.3) is 43.4 Å². The summed E-state index contributed by atoms with van der Waals surface area (Å²) < 4.78 is 0. The van der Waals surface area contributed by atoms with Crippen molar-refractivity contribution in [1.82, 2.24) is 0 Å². The molecule has 0 atom stereocenters. The number of phenols is 1. The van der Waals surface area contributed by atoms with Crippen LogP contribution in [0.5, 0.6) is 5.75 Å². The Morgan fingerprint density at radius 1 is 0.615 bits per heavy atom. The highest BCUT2D eigenvalue weighted by Gasteiger charge is 2.17. The van der Waals surface area contributed by atoms with Crippen LogP contribution in [0.1, 0.15) is 5.56 Å². The van der Waals surface area contributed by atoms with E-state index >= 15 is 0 Å². The van der Waals surface area contributed by atoms with E-state index in [1.54, 1.807) is 0 Å². The molecule has 0 aromatic heterocycles. The molecule has 5 aromatic rings. The summed E-state index contributed by atoms with van der Waals surface area (Å²) in [5.41, 5.74) is 3.62. The zero-order valence-corrected chi connectivity index (χ0v) is 14.5. The van der Waals surface area contributed by atoms with Gasteiger partial charge in [0.05, 0.1) is 0 Å². The maximum Gasteiger partial charge on any atom is 0.131 e. The molecule has 26 heavy (non-hydrogen) atoms. The van der Waals surface area contributed by atoms with Crippen molar-refractivity contribution >= 4 is 32.3 Å². The highest BCUT2D eigenvalue weighted by molar-refractivity contribution is 6.22. The summed E-state index contributed by atoms with van der Waals surface area (Å²) in [6, 6.07) is 29.1. The molecule has 0 aliphatic rings. The van der Waals surface area contributed by atoms with Crippen LogP contribution in [0.15, 0.2) is 84.9 Å². The molecule has 1 nitrogen and oxygen atoms in total. The van der Waals surface area contributed by atoms with E-state index < -0.39 is 0 Å². The van der Waals surface area contributed by atoms with Gasteiger partial charge in [0.2, 0.25) is 0 Å². The van der Waals surface area contributed by atoms with Gasteiger partial charge in [-0.05, 0) is 51.2 Å². The molecule has 1 heteroatoms. The minimum atomic E-state index is 0.367. The first kappa shape index (κ1) is 15.0. The lowest BCUT2D eigenvalue weighted by Gasteiger charge is -2.17. The van der Waals surface area contributed by atoms with Crippen molar-refractivity contribution in [3.63, 3.8) is 0 Å². The van der Waals surface area contributed by atoms with E-state index in [-0.39, 0.29) is 0 Å². The third kappa shape index (κ3) is 2.04. The standard InChI is InChI=1S/C25H18O/c1-16-19-12-7-8-14-21(19)24-22(23(16)17-9-3-2-4-10-17)15-18-11-5-6-13-20(18)25(24)26/h2-15,26H,1H3. The van der Waals surface area contributed by atoms with Gasteiger partial charge >= 0.3 is 0 Å². The van der Waals surface area contributed by atoms with Crippen molar-refractivity contribution in [2.75, 3.05) is 0 Å². The molecule has 124 valence electrons.